The van der Waals surface area contributed by atoms with E-state index in [9.17, 15) is 4.39 Å². The molecule has 1 saturated carbocycles. The van der Waals surface area contributed by atoms with Crippen LogP contribution in [0.2, 0.25) is 5.02 Å². The van der Waals surface area contributed by atoms with Crippen LogP contribution >= 0.6 is 11.6 Å². The fraction of sp³-hybridized carbons (Fsp3) is 0.538. The summed E-state index contributed by atoms with van der Waals surface area (Å²) < 4.78 is 13.8. The summed E-state index contributed by atoms with van der Waals surface area (Å²) in [5.41, 5.74) is 6.51. The lowest BCUT2D eigenvalue weighted by Gasteiger charge is -2.18. The van der Waals surface area contributed by atoms with Crippen LogP contribution in [-0.2, 0) is 0 Å². The molecule has 2 atom stereocenters. The predicted octanol–water partition coefficient (Wildman–Crippen LogP) is 3.91. The molecule has 1 aromatic rings. The van der Waals surface area contributed by atoms with Gasteiger partial charge in [-0.2, -0.15) is 0 Å². The number of nitrogen functional groups attached to an aromatic ring is 1. The third-order valence-electron chi connectivity index (χ3n) is 3.71. The molecule has 0 radical (unpaired) electrons. The van der Waals surface area contributed by atoms with Gasteiger partial charge < -0.3 is 11.1 Å². The Kier molecular flexibility index (Phi) is 3.77. The maximum atomic E-state index is 13.8. The zero-order valence-corrected chi connectivity index (χ0v) is 10.7. The van der Waals surface area contributed by atoms with E-state index in [2.05, 4.69) is 12.2 Å². The molecule has 1 aliphatic rings. The Morgan fingerprint density at radius 1 is 1.47 bits per heavy atom. The molecular formula is C13H18ClFN2. The number of hydrogen-bond donors (Lipinski definition) is 2. The molecule has 0 bridgehead atoms. The predicted molar refractivity (Wildman–Crippen MR) is 70.8 cm³/mol. The number of anilines is 2. The van der Waals surface area contributed by atoms with E-state index >= 15 is 0 Å². The van der Waals surface area contributed by atoms with E-state index in [1.54, 1.807) is 6.07 Å². The molecular weight excluding hydrogens is 239 g/mol. The van der Waals surface area contributed by atoms with E-state index in [4.69, 9.17) is 17.3 Å². The van der Waals surface area contributed by atoms with Crippen LogP contribution in [0, 0.1) is 17.7 Å². The molecule has 0 heterocycles. The van der Waals surface area contributed by atoms with E-state index in [-0.39, 0.29) is 5.02 Å². The zero-order valence-electron chi connectivity index (χ0n) is 9.97. The summed E-state index contributed by atoms with van der Waals surface area (Å²) in [6, 6.07) is 3.11. The monoisotopic (exact) mass is 256 g/mol. The van der Waals surface area contributed by atoms with Gasteiger partial charge in [0.2, 0.25) is 0 Å². The van der Waals surface area contributed by atoms with Gasteiger partial charge in [0, 0.05) is 6.54 Å². The van der Waals surface area contributed by atoms with Gasteiger partial charge in [-0.1, -0.05) is 31.4 Å². The highest BCUT2D eigenvalue weighted by Crippen LogP contribution is 2.33. The summed E-state index contributed by atoms with van der Waals surface area (Å²) in [5.74, 6) is 0.857. The molecule has 2 unspecified atom stereocenters. The van der Waals surface area contributed by atoms with E-state index < -0.39 is 5.82 Å². The van der Waals surface area contributed by atoms with Crippen molar-refractivity contribution >= 4 is 23.0 Å². The van der Waals surface area contributed by atoms with Crippen LogP contribution in [0.3, 0.4) is 0 Å². The van der Waals surface area contributed by atoms with E-state index in [0.717, 1.165) is 6.54 Å². The van der Waals surface area contributed by atoms with E-state index in [1.807, 2.05) is 0 Å². The molecule has 4 heteroatoms. The van der Waals surface area contributed by atoms with Gasteiger partial charge >= 0.3 is 0 Å². The Morgan fingerprint density at radius 2 is 2.24 bits per heavy atom. The van der Waals surface area contributed by atoms with Crippen molar-refractivity contribution in [2.75, 3.05) is 17.6 Å². The maximum absolute atomic E-state index is 13.8. The molecule has 2 nitrogen and oxygen atoms in total. The lowest BCUT2D eigenvalue weighted by Crippen LogP contribution is -2.17. The van der Waals surface area contributed by atoms with Gasteiger partial charge in [-0.05, 0) is 30.4 Å². The molecule has 0 spiro atoms. The summed E-state index contributed by atoms with van der Waals surface area (Å²) in [4.78, 5) is 0. The minimum absolute atomic E-state index is 0.112. The molecule has 94 valence electrons. The topological polar surface area (TPSA) is 38.0 Å². The Balaban J connectivity index is 2.06. The Bertz CT molecular complexity index is 409. The average Bonchev–Trinajstić information content (AvgIpc) is 2.70. The van der Waals surface area contributed by atoms with Crippen molar-refractivity contribution in [2.24, 2.45) is 11.8 Å². The molecule has 0 saturated heterocycles. The quantitative estimate of drug-likeness (QED) is 0.805. The minimum Gasteiger partial charge on any atom is -0.397 e. The van der Waals surface area contributed by atoms with Crippen LogP contribution < -0.4 is 11.1 Å². The van der Waals surface area contributed by atoms with Gasteiger partial charge in [0.25, 0.3) is 0 Å². The average molecular weight is 257 g/mol. The van der Waals surface area contributed by atoms with Crippen molar-refractivity contribution in [3.05, 3.63) is 23.0 Å². The number of hydrogen-bond acceptors (Lipinski definition) is 2. The van der Waals surface area contributed by atoms with Gasteiger partial charge in [0.15, 0.2) is 5.82 Å². The lowest BCUT2D eigenvalue weighted by atomic mass is 9.98. The van der Waals surface area contributed by atoms with Crippen LogP contribution in [0.5, 0.6) is 0 Å². The number of benzene rings is 1. The molecule has 3 N–H and O–H groups in total. The van der Waals surface area contributed by atoms with Crippen molar-refractivity contribution in [1.82, 2.24) is 0 Å². The molecule has 17 heavy (non-hydrogen) atoms. The third-order valence-corrected chi connectivity index (χ3v) is 4.00. The fourth-order valence-corrected chi connectivity index (χ4v) is 2.66. The second-order valence-corrected chi connectivity index (χ2v) is 5.28. The van der Waals surface area contributed by atoms with Crippen LogP contribution in [0.25, 0.3) is 0 Å². The first-order valence-corrected chi connectivity index (χ1v) is 6.44. The molecule has 0 amide bonds. The van der Waals surface area contributed by atoms with Gasteiger partial charge in [0.1, 0.15) is 0 Å². The van der Waals surface area contributed by atoms with Crippen molar-refractivity contribution in [2.45, 2.75) is 26.2 Å². The van der Waals surface area contributed by atoms with Gasteiger partial charge in [0.05, 0.1) is 16.4 Å². The first kappa shape index (κ1) is 12.5. The van der Waals surface area contributed by atoms with Crippen LogP contribution in [0.4, 0.5) is 15.8 Å². The molecule has 0 aromatic heterocycles. The summed E-state index contributed by atoms with van der Waals surface area (Å²) in [6.07, 6.45) is 3.73. The maximum Gasteiger partial charge on any atom is 0.166 e. The summed E-state index contributed by atoms with van der Waals surface area (Å²) in [6.45, 7) is 3.01. The lowest BCUT2D eigenvalue weighted by molar-refractivity contribution is 0.439. The smallest absolute Gasteiger partial charge is 0.166 e. The van der Waals surface area contributed by atoms with Gasteiger partial charge in [-0.15, -0.1) is 0 Å². The Labute approximate surface area is 106 Å². The largest absolute Gasteiger partial charge is 0.397 e. The molecule has 0 aliphatic heterocycles. The van der Waals surface area contributed by atoms with Crippen molar-refractivity contribution in [3.8, 4) is 0 Å². The number of halogens is 2. The van der Waals surface area contributed by atoms with Crippen LogP contribution in [-0.4, -0.2) is 6.54 Å². The molecule has 1 aliphatic carbocycles. The molecule has 1 aromatic carbocycles. The fourth-order valence-electron chi connectivity index (χ4n) is 2.50. The normalized spacial score (nSPS) is 23.9. The second kappa shape index (κ2) is 5.13. The minimum atomic E-state index is -0.447. The number of nitrogens with one attached hydrogen (secondary N) is 1. The highest BCUT2D eigenvalue weighted by Gasteiger charge is 2.23. The summed E-state index contributed by atoms with van der Waals surface area (Å²) in [7, 11) is 0. The van der Waals surface area contributed by atoms with Gasteiger partial charge in [-0.25, -0.2) is 4.39 Å². The number of rotatable bonds is 3. The standard InChI is InChI=1S/C13H18ClFN2/c1-8-3-2-4-9(8)7-17-13-11(16)6-5-10(14)12(13)15/h5-6,8-9,17H,2-4,7,16H2,1H3. The van der Waals surface area contributed by atoms with Crippen molar-refractivity contribution in [3.63, 3.8) is 0 Å². The summed E-state index contributed by atoms with van der Waals surface area (Å²) >= 11 is 5.74. The van der Waals surface area contributed by atoms with Gasteiger partial charge in [-0.3, -0.25) is 0 Å². The molecule has 2 rings (SSSR count). The second-order valence-electron chi connectivity index (χ2n) is 4.87. The van der Waals surface area contributed by atoms with Crippen molar-refractivity contribution < 1.29 is 4.39 Å². The highest BCUT2D eigenvalue weighted by molar-refractivity contribution is 6.31. The number of nitrogens with two attached hydrogens (primary N) is 1. The summed E-state index contributed by atoms with van der Waals surface area (Å²) in [5, 5.41) is 3.22. The SMILES string of the molecule is CC1CCCC1CNc1c(N)ccc(Cl)c1F. The van der Waals surface area contributed by atoms with E-state index in [0.29, 0.717) is 23.2 Å². The highest BCUT2D eigenvalue weighted by atomic mass is 35.5. The molecule has 1 fully saturated rings. The Morgan fingerprint density at radius 3 is 2.88 bits per heavy atom. The first-order chi connectivity index (χ1) is 8.09. The first-order valence-electron chi connectivity index (χ1n) is 6.07. The van der Waals surface area contributed by atoms with Crippen LogP contribution in [0.15, 0.2) is 12.1 Å². The van der Waals surface area contributed by atoms with Crippen molar-refractivity contribution in [1.29, 1.82) is 0 Å². The van der Waals surface area contributed by atoms with Crippen LogP contribution in [0.1, 0.15) is 26.2 Å². The Hall–Kier alpha value is -0.960. The zero-order chi connectivity index (χ0) is 12.4. The van der Waals surface area contributed by atoms with E-state index in [1.165, 1.54) is 25.3 Å². The third kappa shape index (κ3) is 2.65.